The molecule has 1 aliphatic rings. The van der Waals surface area contributed by atoms with Crippen molar-refractivity contribution in [2.24, 2.45) is 0 Å². The normalized spacial score (nSPS) is 15.5. The Bertz CT molecular complexity index is 1160. The van der Waals surface area contributed by atoms with Crippen LogP contribution in [0.4, 0.5) is 10.1 Å². The number of amides is 1. The van der Waals surface area contributed by atoms with Crippen LogP contribution in [0.1, 0.15) is 17.3 Å². The van der Waals surface area contributed by atoms with E-state index >= 15 is 0 Å². The van der Waals surface area contributed by atoms with E-state index in [0.29, 0.717) is 0 Å². The number of morpholine rings is 1. The topological polar surface area (TPSA) is 122 Å². The predicted molar refractivity (Wildman–Crippen MR) is 111 cm³/mol. The summed E-state index contributed by atoms with van der Waals surface area (Å²) in [5.74, 6) is -1.53. The number of hydrogen-bond donors (Lipinski definition) is 2. The van der Waals surface area contributed by atoms with E-state index < -0.39 is 36.7 Å². The van der Waals surface area contributed by atoms with E-state index in [1.54, 1.807) is 6.92 Å². The van der Waals surface area contributed by atoms with Gasteiger partial charge in [-0.05, 0) is 42.5 Å². The zero-order valence-corrected chi connectivity index (χ0v) is 18.3. The molecule has 2 aromatic carbocycles. The number of carbonyl (C=O) groups excluding carboxylic acids is 1. The maximum absolute atomic E-state index is 14.3. The Morgan fingerprint density at radius 1 is 1.06 bits per heavy atom. The highest BCUT2D eigenvalue weighted by atomic mass is 32.2. The van der Waals surface area contributed by atoms with E-state index in [0.717, 1.165) is 16.4 Å². The number of rotatable bonds is 7. The summed E-state index contributed by atoms with van der Waals surface area (Å²) in [5.41, 5.74) is 0.236. The third-order valence-corrected chi connectivity index (χ3v) is 8.01. The maximum atomic E-state index is 14.3. The first-order chi connectivity index (χ1) is 14.6. The number of halogens is 1. The van der Waals surface area contributed by atoms with Crippen LogP contribution in [-0.4, -0.2) is 59.9 Å². The molecule has 0 unspecified atom stereocenters. The van der Waals surface area contributed by atoms with Crippen molar-refractivity contribution >= 4 is 31.6 Å². The molecule has 0 aliphatic carbocycles. The van der Waals surface area contributed by atoms with Crippen LogP contribution in [-0.2, 0) is 24.8 Å². The Labute approximate surface area is 180 Å². The highest BCUT2D eigenvalue weighted by Crippen LogP contribution is 2.24. The van der Waals surface area contributed by atoms with Gasteiger partial charge in [0.1, 0.15) is 10.7 Å². The number of nitrogens with zero attached hydrogens (tertiary/aromatic N) is 1. The molecular weight excluding hydrogens is 449 g/mol. The predicted octanol–water partition coefficient (Wildman–Crippen LogP) is 1.40. The van der Waals surface area contributed by atoms with Crippen LogP contribution in [0.2, 0.25) is 0 Å². The second-order valence-corrected chi connectivity index (χ2v) is 10.3. The summed E-state index contributed by atoms with van der Waals surface area (Å²) < 4.78 is 72.4. The van der Waals surface area contributed by atoms with E-state index in [1.165, 1.54) is 30.3 Å². The number of hydrogen-bond acceptors (Lipinski definition) is 6. The molecule has 12 heteroatoms. The number of nitrogens with one attached hydrogen (secondary N) is 2. The molecule has 0 saturated carbocycles. The van der Waals surface area contributed by atoms with Gasteiger partial charge in [0.05, 0.1) is 18.1 Å². The highest BCUT2D eigenvalue weighted by Gasteiger charge is 2.29. The Kier molecular flexibility index (Phi) is 7.06. The van der Waals surface area contributed by atoms with E-state index in [1.807, 2.05) is 0 Å². The van der Waals surface area contributed by atoms with Gasteiger partial charge >= 0.3 is 0 Å². The van der Waals surface area contributed by atoms with Gasteiger partial charge in [-0.3, -0.25) is 4.79 Å². The molecule has 0 radical (unpaired) electrons. The molecule has 168 valence electrons. The molecule has 9 nitrogen and oxygen atoms in total. The SMILES string of the molecule is CCNS(=O)(=O)c1ccc(C(=O)Nc2ccc(F)c(S(=O)(=O)N3CCOCC3)c2)cc1. The first-order valence-electron chi connectivity index (χ1n) is 9.43. The van der Waals surface area contributed by atoms with Gasteiger partial charge in [-0.1, -0.05) is 6.92 Å². The van der Waals surface area contributed by atoms with Gasteiger partial charge in [0, 0.05) is 30.9 Å². The molecule has 31 heavy (non-hydrogen) atoms. The van der Waals surface area contributed by atoms with Gasteiger partial charge in [-0.25, -0.2) is 25.9 Å². The molecule has 2 N–H and O–H groups in total. The van der Waals surface area contributed by atoms with Gasteiger partial charge in [0.15, 0.2) is 0 Å². The lowest BCUT2D eigenvalue weighted by atomic mass is 10.2. The summed E-state index contributed by atoms with van der Waals surface area (Å²) in [5, 5.41) is 2.51. The molecule has 1 saturated heterocycles. The van der Waals surface area contributed by atoms with Gasteiger partial charge in [0.25, 0.3) is 5.91 Å². The molecule has 0 spiro atoms. The Morgan fingerprint density at radius 2 is 1.71 bits per heavy atom. The summed E-state index contributed by atoms with van der Waals surface area (Å²) in [6.45, 7) is 2.54. The van der Waals surface area contributed by atoms with Gasteiger partial charge in [-0.2, -0.15) is 4.31 Å². The lowest BCUT2D eigenvalue weighted by molar-refractivity contribution is 0.0729. The number of anilines is 1. The monoisotopic (exact) mass is 471 g/mol. The van der Waals surface area contributed by atoms with E-state index in [4.69, 9.17) is 4.74 Å². The Hall–Kier alpha value is -2.38. The van der Waals surface area contributed by atoms with Crippen molar-refractivity contribution < 1.29 is 30.8 Å². The first-order valence-corrected chi connectivity index (χ1v) is 12.4. The number of sulfonamides is 2. The minimum atomic E-state index is -4.09. The average Bonchev–Trinajstić information content (AvgIpc) is 2.75. The number of ether oxygens (including phenoxy) is 1. The largest absolute Gasteiger partial charge is 0.379 e. The fourth-order valence-corrected chi connectivity index (χ4v) is 5.51. The lowest BCUT2D eigenvalue weighted by Crippen LogP contribution is -2.40. The van der Waals surface area contributed by atoms with Gasteiger partial charge in [-0.15, -0.1) is 0 Å². The third kappa shape index (κ3) is 5.28. The van der Waals surface area contributed by atoms with Gasteiger partial charge < -0.3 is 10.1 Å². The maximum Gasteiger partial charge on any atom is 0.255 e. The van der Waals surface area contributed by atoms with Crippen molar-refractivity contribution in [3.05, 3.63) is 53.8 Å². The van der Waals surface area contributed by atoms with Crippen molar-refractivity contribution in [3.63, 3.8) is 0 Å². The van der Waals surface area contributed by atoms with Crippen molar-refractivity contribution in [1.29, 1.82) is 0 Å². The van der Waals surface area contributed by atoms with Crippen LogP contribution in [0, 0.1) is 5.82 Å². The minimum Gasteiger partial charge on any atom is -0.379 e. The van der Waals surface area contributed by atoms with E-state index in [-0.39, 0.29) is 49.0 Å². The van der Waals surface area contributed by atoms with E-state index in [2.05, 4.69) is 10.0 Å². The highest BCUT2D eigenvalue weighted by molar-refractivity contribution is 7.89. The molecule has 1 aliphatic heterocycles. The molecule has 0 atom stereocenters. The molecule has 1 fully saturated rings. The quantitative estimate of drug-likeness (QED) is 0.630. The van der Waals surface area contributed by atoms with Crippen LogP contribution < -0.4 is 10.0 Å². The lowest BCUT2D eigenvalue weighted by Gasteiger charge is -2.26. The fraction of sp³-hybridized carbons (Fsp3) is 0.316. The second-order valence-electron chi connectivity index (χ2n) is 6.64. The molecule has 1 amide bonds. The summed E-state index contributed by atoms with van der Waals surface area (Å²) in [6.07, 6.45) is 0. The van der Waals surface area contributed by atoms with Crippen molar-refractivity contribution in [3.8, 4) is 0 Å². The number of carbonyl (C=O) groups is 1. The molecular formula is C19H22FN3O6S2. The fourth-order valence-electron chi connectivity index (χ4n) is 2.97. The molecule has 0 aromatic heterocycles. The zero-order valence-electron chi connectivity index (χ0n) is 16.7. The standard InChI is InChI=1S/C19H22FN3O6S2/c1-2-21-30(25,26)16-6-3-14(4-7-16)19(24)22-15-5-8-17(20)18(13-15)31(27,28)23-9-11-29-12-10-23/h3-8,13,21H,2,9-12H2,1H3,(H,22,24). The molecule has 2 aromatic rings. The van der Waals surface area contributed by atoms with Crippen LogP contribution in [0.3, 0.4) is 0 Å². The Morgan fingerprint density at radius 3 is 2.32 bits per heavy atom. The average molecular weight is 472 g/mol. The van der Waals surface area contributed by atoms with Crippen molar-refractivity contribution in [2.45, 2.75) is 16.7 Å². The van der Waals surface area contributed by atoms with Crippen molar-refractivity contribution in [2.75, 3.05) is 38.2 Å². The first kappa shape index (κ1) is 23.3. The van der Waals surface area contributed by atoms with Gasteiger partial charge in [0.2, 0.25) is 20.0 Å². The van der Waals surface area contributed by atoms with Crippen molar-refractivity contribution in [1.82, 2.24) is 9.03 Å². The summed E-state index contributed by atoms with van der Waals surface area (Å²) in [7, 11) is -7.74. The third-order valence-electron chi connectivity index (χ3n) is 4.54. The second kappa shape index (κ2) is 9.40. The smallest absolute Gasteiger partial charge is 0.255 e. The molecule has 3 rings (SSSR count). The summed E-state index contributed by atoms with van der Waals surface area (Å²) >= 11 is 0. The number of benzene rings is 2. The van der Waals surface area contributed by atoms with Crippen LogP contribution in [0.15, 0.2) is 52.3 Å². The molecule has 1 heterocycles. The molecule has 0 bridgehead atoms. The zero-order chi connectivity index (χ0) is 22.6. The summed E-state index contributed by atoms with van der Waals surface area (Å²) in [6, 6.07) is 8.49. The summed E-state index contributed by atoms with van der Waals surface area (Å²) in [4.78, 5) is 12.0. The minimum absolute atomic E-state index is 0.00609. The van der Waals surface area contributed by atoms with Crippen LogP contribution >= 0.6 is 0 Å². The van der Waals surface area contributed by atoms with Crippen LogP contribution in [0.5, 0.6) is 0 Å². The van der Waals surface area contributed by atoms with E-state index in [9.17, 15) is 26.0 Å². The Balaban J connectivity index is 1.80. The van der Waals surface area contributed by atoms with Crippen LogP contribution in [0.25, 0.3) is 0 Å².